The molecule has 1 aromatic rings. The zero-order valence-corrected chi connectivity index (χ0v) is 16.1. The third-order valence-corrected chi connectivity index (χ3v) is 4.93. The topological polar surface area (TPSA) is 72.1 Å². The predicted molar refractivity (Wildman–Crippen MR) is 99.3 cm³/mol. The number of carbonyl (C=O) groups is 1. The molecule has 2 N–H and O–H groups in total. The minimum absolute atomic E-state index is 0. The fraction of sp³-hybridized carbons (Fsp3) is 0.722. The highest BCUT2D eigenvalue weighted by Crippen LogP contribution is 2.34. The molecule has 1 aliphatic heterocycles. The fourth-order valence-corrected chi connectivity index (χ4v) is 3.17. The van der Waals surface area contributed by atoms with Crippen LogP contribution in [0.25, 0.3) is 0 Å². The van der Waals surface area contributed by atoms with Gasteiger partial charge in [0.1, 0.15) is 11.5 Å². The number of piperidine rings is 1. The molecule has 0 spiro atoms. The van der Waals surface area contributed by atoms with Gasteiger partial charge in [0.05, 0.1) is 0 Å². The van der Waals surface area contributed by atoms with Crippen molar-refractivity contribution in [1.29, 1.82) is 0 Å². The highest BCUT2D eigenvalue weighted by molar-refractivity contribution is 5.92. The van der Waals surface area contributed by atoms with E-state index in [2.05, 4.69) is 37.7 Å². The van der Waals surface area contributed by atoms with E-state index >= 15 is 0 Å². The monoisotopic (exact) mass is 354 g/mol. The number of nitrogens with two attached hydrogens (primary N) is 1. The summed E-state index contributed by atoms with van der Waals surface area (Å²) in [5, 5.41) is 0. The number of likely N-dealkylation sites (tertiary alicyclic amines) is 1. The summed E-state index contributed by atoms with van der Waals surface area (Å²) in [6.07, 6.45) is 4.52. The number of nitrogens with zero attached hydrogens (tertiary/aromatic N) is 3. The largest absolute Gasteiger partial charge is 0.337 e. The first kappa shape index (κ1) is 20.8. The van der Waals surface area contributed by atoms with Crippen molar-refractivity contribution in [2.45, 2.75) is 47.0 Å². The van der Waals surface area contributed by atoms with E-state index in [1.54, 1.807) is 12.3 Å². The minimum atomic E-state index is 0. The van der Waals surface area contributed by atoms with Gasteiger partial charge < -0.3 is 10.6 Å². The first-order chi connectivity index (χ1) is 10.8. The molecule has 0 bridgehead atoms. The number of carbonyl (C=O) groups excluding carboxylic acids is 1. The van der Waals surface area contributed by atoms with E-state index in [0.717, 1.165) is 38.2 Å². The van der Waals surface area contributed by atoms with Crippen molar-refractivity contribution in [3.05, 3.63) is 23.8 Å². The van der Waals surface area contributed by atoms with Crippen LogP contribution in [0.2, 0.25) is 0 Å². The van der Waals surface area contributed by atoms with Crippen LogP contribution in [-0.4, -0.2) is 40.4 Å². The van der Waals surface area contributed by atoms with Crippen LogP contribution in [0.15, 0.2) is 12.3 Å². The molecule has 1 fully saturated rings. The Morgan fingerprint density at radius 3 is 2.54 bits per heavy atom. The smallest absolute Gasteiger partial charge is 0.272 e. The molecule has 136 valence electrons. The van der Waals surface area contributed by atoms with Gasteiger partial charge in [-0.25, -0.2) is 9.97 Å². The van der Waals surface area contributed by atoms with Crippen LogP contribution in [0.4, 0.5) is 0 Å². The van der Waals surface area contributed by atoms with E-state index in [9.17, 15) is 4.79 Å². The molecule has 0 aliphatic carbocycles. The van der Waals surface area contributed by atoms with Gasteiger partial charge in [0.25, 0.3) is 5.91 Å². The summed E-state index contributed by atoms with van der Waals surface area (Å²) >= 11 is 0. The lowest BCUT2D eigenvalue weighted by Crippen LogP contribution is -2.44. The maximum absolute atomic E-state index is 12.7. The lowest BCUT2D eigenvalue weighted by molar-refractivity contribution is 0.0591. The molecule has 1 aliphatic rings. The molecule has 2 heterocycles. The summed E-state index contributed by atoms with van der Waals surface area (Å²) in [4.78, 5) is 23.3. The number of amides is 1. The fourth-order valence-electron chi connectivity index (χ4n) is 3.17. The predicted octanol–water partition coefficient (Wildman–Crippen LogP) is 2.93. The van der Waals surface area contributed by atoms with E-state index in [-0.39, 0.29) is 23.7 Å². The molecule has 1 aromatic heterocycles. The minimum Gasteiger partial charge on any atom is -0.337 e. The Kier molecular flexibility index (Phi) is 7.61. The standard InChI is InChI=1S/C18H30N4O.ClH/c1-13(2)11-16-20-8-5-15(21-16)17(23)22-9-6-14(7-10-22)18(3,4)12-19;/h5,8,13-14H,6-7,9-12,19H2,1-4H3;1H. The van der Waals surface area contributed by atoms with E-state index in [0.29, 0.717) is 24.1 Å². The van der Waals surface area contributed by atoms with E-state index in [1.165, 1.54) is 0 Å². The number of aromatic nitrogens is 2. The molecule has 1 amide bonds. The number of halogens is 1. The maximum Gasteiger partial charge on any atom is 0.272 e. The quantitative estimate of drug-likeness (QED) is 0.882. The summed E-state index contributed by atoms with van der Waals surface area (Å²) in [5.74, 6) is 1.85. The maximum atomic E-state index is 12.7. The molecule has 2 rings (SSSR count). The van der Waals surface area contributed by atoms with Crippen molar-refractivity contribution in [1.82, 2.24) is 14.9 Å². The SMILES string of the molecule is CC(C)Cc1nccc(C(=O)N2CCC(C(C)(C)CN)CC2)n1.Cl. The second-order valence-corrected chi connectivity index (χ2v) is 7.72. The van der Waals surface area contributed by atoms with Gasteiger partial charge >= 0.3 is 0 Å². The third-order valence-electron chi connectivity index (χ3n) is 4.93. The van der Waals surface area contributed by atoms with Gasteiger partial charge in [-0.3, -0.25) is 4.79 Å². The zero-order valence-electron chi connectivity index (χ0n) is 15.3. The van der Waals surface area contributed by atoms with E-state index < -0.39 is 0 Å². The van der Waals surface area contributed by atoms with Crippen molar-refractivity contribution in [2.24, 2.45) is 23.0 Å². The average Bonchev–Trinajstić information content (AvgIpc) is 2.54. The molecular formula is C18H31ClN4O. The number of hydrogen-bond acceptors (Lipinski definition) is 4. The molecule has 0 saturated carbocycles. The van der Waals surface area contributed by atoms with Crippen molar-refractivity contribution in [3.8, 4) is 0 Å². The molecule has 0 aromatic carbocycles. The second kappa shape index (κ2) is 8.77. The molecule has 0 radical (unpaired) electrons. The van der Waals surface area contributed by atoms with Crippen molar-refractivity contribution in [3.63, 3.8) is 0 Å². The van der Waals surface area contributed by atoms with Crippen LogP contribution in [0.5, 0.6) is 0 Å². The van der Waals surface area contributed by atoms with Crippen LogP contribution in [-0.2, 0) is 6.42 Å². The zero-order chi connectivity index (χ0) is 17.0. The molecule has 24 heavy (non-hydrogen) atoms. The Labute approximate surface area is 151 Å². The highest BCUT2D eigenvalue weighted by Gasteiger charge is 2.33. The molecule has 1 saturated heterocycles. The van der Waals surface area contributed by atoms with Crippen molar-refractivity contribution >= 4 is 18.3 Å². The Bertz CT molecular complexity index is 540. The molecule has 0 unspecified atom stereocenters. The van der Waals surface area contributed by atoms with Crippen molar-refractivity contribution < 1.29 is 4.79 Å². The lowest BCUT2D eigenvalue weighted by atomic mass is 9.74. The van der Waals surface area contributed by atoms with Gasteiger partial charge in [0, 0.05) is 25.7 Å². The van der Waals surface area contributed by atoms with Gasteiger partial charge in [-0.2, -0.15) is 0 Å². The Morgan fingerprint density at radius 2 is 2.00 bits per heavy atom. The summed E-state index contributed by atoms with van der Waals surface area (Å²) in [7, 11) is 0. The van der Waals surface area contributed by atoms with Crippen LogP contribution in [0.3, 0.4) is 0 Å². The highest BCUT2D eigenvalue weighted by atomic mass is 35.5. The van der Waals surface area contributed by atoms with Crippen LogP contribution < -0.4 is 5.73 Å². The van der Waals surface area contributed by atoms with E-state index in [4.69, 9.17) is 5.73 Å². The van der Waals surface area contributed by atoms with Crippen molar-refractivity contribution in [2.75, 3.05) is 19.6 Å². The first-order valence-electron chi connectivity index (χ1n) is 8.64. The van der Waals surface area contributed by atoms with Gasteiger partial charge in [-0.05, 0) is 42.7 Å². The summed E-state index contributed by atoms with van der Waals surface area (Å²) in [6, 6.07) is 1.72. The average molecular weight is 355 g/mol. The Morgan fingerprint density at radius 1 is 1.38 bits per heavy atom. The van der Waals surface area contributed by atoms with Crippen LogP contribution in [0.1, 0.15) is 56.8 Å². The normalized spacial score (nSPS) is 16.2. The summed E-state index contributed by atoms with van der Waals surface area (Å²) < 4.78 is 0. The molecule has 0 atom stereocenters. The summed E-state index contributed by atoms with van der Waals surface area (Å²) in [5.41, 5.74) is 6.55. The van der Waals surface area contributed by atoms with Gasteiger partial charge in [-0.1, -0.05) is 27.7 Å². The van der Waals surface area contributed by atoms with Crippen LogP contribution in [0, 0.1) is 17.3 Å². The van der Waals surface area contributed by atoms with Gasteiger partial charge in [0.15, 0.2) is 0 Å². The Balaban J connectivity index is 0.00000288. The second-order valence-electron chi connectivity index (χ2n) is 7.72. The number of hydrogen-bond donors (Lipinski definition) is 1. The molecule has 6 heteroatoms. The van der Waals surface area contributed by atoms with Gasteiger partial charge in [0.2, 0.25) is 0 Å². The Hall–Kier alpha value is -1.20. The van der Waals surface area contributed by atoms with E-state index in [1.807, 2.05) is 4.90 Å². The first-order valence-corrected chi connectivity index (χ1v) is 8.64. The molecule has 5 nitrogen and oxygen atoms in total. The third kappa shape index (κ3) is 5.15. The molecular weight excluding hydrogens is 324 g/mol. The van der Waals surface area contributed by atoms with Crippen LogP contribution >= 0.6 is 12.4 Å². The van der Waals surface area contributed by atoms with Gasteiger partial charge in [-0.15, -0.1) is 12.4 Å². The lowest BCUT2D eigenvalue weighted by Gasteiger charge is -2.40. The number of rotatable bonds is 5. The summed E-state index contributed by atoms with van der Waals surface area (Å²) in [6.45, 7) is 11.0.